The van der Waals surface area contributed by atoms with Crippen LogP contribution < -0.4 is 10.5 Å². The fourth-order valence-electron chi connectivity index (χ4n) is 3.29. The first-order chi connectivity index (χ1) is 16.2. The SMILES string of the molecule is NS(=O)(=O)c1ccc(NC(=O)COC(=O)c2cc(-c3ccccc3Cl)nc3ccccc23)cc1. The number of aromatic nitrogens is 1. The molecule has 0 aliphatic heterocycles. The second-order valence-corrected chi connectivity index (χ2v) is 9.21. The molecule has 172 valence electrons. The van der Waals surface area contributed by atoms with Crippen molar-refractivity contribution in [3.8, 4) is 11.3 Å². The van der Waals surface area contributed by atoms with E-state index < -0.39 is 28.5 Å². The summed E-state index contributed by atoms with van der Waals surface area (Å²) in [5.41, 5.74) is 2.29. The third-order valence-corrected chi connectivity index (χ3v) is 6.15. The van der Waals surface area contributed by atoms with Crippen LogP contribution in [0, 0.1) is 0 Å². The third-order valence-electron chi connectivity index (χ3n) is 4.89. The van der Waals surface area contributed by atoms with Crippen molar-refractivity contribution in [2.24, 2.45) is 5.14 Å². The average Bonchev–Trinajstić information content (AvgIpc) is 2.82. The van der Waals surface area contributed by atoms with Crippen molar-refractivity contribution in [2.75, 3.05) is 11.9 Å². The number of amides is 1. The van der Waals surface area contributed by atoms with Gasteiger partial charge in [-0.2, -0.15) is 0 Å². The van der Waals surface area contributed by atoms with E-state index in [9.17, 15) is 18.0 Å². The Morgan fingerprint density at radius 2 is 1.65 bits per heavy atom. The minimum absolute atomic E-state index is 0.0872. The zero-order valence-electron chi connectivity index (χ0n) is 17.6. The highest BCUT2D eigenvalue weighted by atomic mass is 35.5. The summed E-state index contributed by atoms with van der Waals surface area (Å²) in [5, 5.41) is 8.64. The highest BCUT2D eigenvalue weighted by Gasteiger charge is 2.17. The van der Waals surface area contributed by atoms with Crippen molar-refractivity contribution in [3.63, 3.8) is 0 Å². The van der Waals surface area contributed by atoms with E-state index in [2.05, 4.69) is 10.3 Å². The molecule has 4 rings (SSSR count). The number of ether oxygens (including phenoxy) is 1. The van der Waals surface area contributed by atoms with Crippen molar-refractivity contribution >= 4 is 50.1 Å². The van der Waals surface area contributed by atoms with E-state index in [4.69, 9.17) is 21.5 Å². The van der Waals surface area contributed by atoms with E-state index >= 15 is 0 Å². The number of fused-ring (bicyclic) bond motifs is 1. The highest BCUT2D eigenvalue weighted by molar-refractivity contribution is 7.89. The molecular weight excluding hydrogens is 478 g/mol. The average molecular weight is 496 g/mol. The number of carbonyl (C=O) groups is 2. The molecule has 0 atom stereocenters. The van der Waals surface area contributed by atoms with Gasteiger partial charge in [-0.15, -0.1) is 0 Å². The number of sulfonamides is 1. The number of hydrogen-bond acceptors (Lipinski definition) is 6. The van der Waals surface area contributed by atoms with Crippen LogP contribution in [-0.2, 0) is 19.6 Å². The van der Waals surface area contributed by atoms with Crippen molar-refractivity contribution in [2.45, 2.75) is 4.90 Å². The molecule has 0 fully saturated rings. The summed E-state index contributed by atoms with van der Waals surface area (Å²) in [4.78, 5) is 29.7. The number of anilines is 1. The van der Waals surface area contributed by atoms with Crippen LogP contribution >= 0.6 is 11.6 Å². The summed E-state index contributed by atoms with van der Waals surface area (Å²) in [7, 11) is -3.84. The van der Waals surface area contributed by atoms with Crippen LogP contribution in [0.2, 0.25) is 5.02 Å². The van der Waals surface area contributed by atoms with Gasteiger partial charge >= 0.3 is 5.97 Å². The smallest absolute Gasteiger partial charge is 0.339 e. The molecule has 8 nitrogen and oxygen atoms in total. The van der Waals surface area contributed by atoms with Crippen LogP contribution in [0.15, 0.2) is 83.8 Å². The van der Waals surface area contributed by atoms with Crippen LogP contribution in [0.5, 0.6) is 0 Å². The molecule has 3 N–H and O–H groups in total. The van der Waals surface area contributed by atoms with Crippen molar-refractivity contribution < 1.29 is 22.7 Å². The summed E-state index contributed by atoms with van der Waals surface area (Å²) in [6, 6.07) is 21.1. The Kier molecular flexibility index (Phi) is 6.60. The summed E-state index contributed by atoms with van der Waals surface area (Å²) < 4.78 is 27.9. The lowest BCUT2D eigenvalue weighted by Crippen LogP contribution is -2.21. The van der Waals surface area contributed by atoms with E-state index in [0.29, 0.717) is 32.9 Å². The molecule has 0 saturated heterocycles. The number of benzene rings is 3. The van der Waals surface area contributed by atoms with Gasteiger partial charge in [-0.3, -0.25) is 4.79 Å². The number of nitrogens with one attached hydrogen (secondary N) is 1. The molecule has 3 aromatic carbocycles. The first kappa shape index (κ1) is 23.4. The van der Waals surface area contributed by atoms with E-state index in [1.807, 2.05) is 6.07 Å². The van der Waals surface area contributed by atoms with E-state index in [-0.39, 0.29) is 10.5 Å². The van der Waals surface area contributed by atoms with Gasteiger partial charge in [0.25, 0.3) is 5.91 Å². The number of pyridine rings is 1. The number of rotatable bonds is 6. The van der Waals surface area contributed by atoms with Crippen molar-refractivity contribution in [3.05, 3.63) is 89.4 Å². The summed E-state index contributed by atoms with van der Waals surface area (Å²) in [6.45, 7) is -0.548. The molecule has 0 aliphatic carbocycles. The van der Waals surface area contributed by atoms with E-state index in [1.165, 1.54) is 24.3 Å². The number of para-hydroxylation sites is 1. The van der Waals surface area contributed by atoms with Gasteiger partial charge in [-0.25, -0.2) is 23.3 Å². The van der Waals surface area contributed by atoms with Gasteiger partial charge in [0.15, 0.2) is 6.61 Å². The molecular formula is C24H18ClN3O5S. The normalized spacial score (nSPS) is 11.2. The first-order valence-corrected chi connectivity index (χ1v) is 11.9. The number of carbonyl (C=O) groups excluding carboxylic acids is 2. The fraction of sp³-hybridized carbons (Fsp3) is 0.0417. The Morgan fingerprint density at radius 3 is 2.35 bits per heavy atom. The Labute approximate surface area is 200 Å². The van der Waals surface area contributed by atoms with Gasteiger partial charge in [-0.05, 0) is 42.5 Å². The first-order valence-electron chi connectivity index (χ1n) is 9.97. The van der Waals surface area contributed by atoms with Gasteiger partial charge < -0.3 is 10.1 Å². The molecule has 0 spiro atoms. The topological polar surface area (TPSA) is 128 Å². The van der Waals surface area contributed by atoms with Crippen LogP contribution in [0.25, 0.3) is 22.2 Å². The Bertz CT molecular complexity index is 1510. The maximum absolute atomic E-state index is 12.9. The van der Waals surface area contributed by atoms with Gasteiger partial charge in [0, 0.05) is 21.7 Å². The molecule has 1 amide bonds. The Balaban J connectivity index is 1.52. The molecule has 10 heteroatoms. The van der Waals surface area contributed by atoms with Crippen LogP contribution in [0.1, 0.15) is 10.4 Å². The quantitative estimate of drug-likeness (QED) is 0.389. The van der Waals surface area contributed by atoms with Crippen LogP contribution in [0.4, 0.5) is 5.69 Å². The Hall–Kier alpha value is -3.79. The van der Waals surface area contributed by atoms with Crippen molar-refractivity contribution in [1.82, 2.24) is 4.98 Å². The molecule has 1 aromatic heterocycles. The number of nitrogens with zero attached hydrogens (tertiary/aromatic N) is 1. The number of primary sulfonamides is 1. The molecule has 0 radical (unpaired) electrons. The maximum atomic E-state index is 12.9. The van der Waals surface area contributed by atoms with Gasteiger partial charge in [-0.1, -0.05) is 48.0 Å². The molecule has 1 heterocycles. The monoisotopic (exact) mass is 495 g/mol. The minimum atomic E-state index is -3.84. The van der Waals surface area contributed by atoms with Crippen LogP contribution in [-0.4, -0.2) is 31.9 Å². The molecule has 0 aliphatic rings. The number of nitrogens with two attached hydrogens (primary N) is 1. The number of halogens is 1. The number of hydrogen-bond donors (Lipinski definition) is 2. The second kappa shape index (κ2) is 9.60. The van der Waals surface area contributed by atoms with E-state index in [1.54, 1.807) is 48.5 Å². The van der Waals surface area contributed by atoms with Gasteiger partial charge in [0.1, 0.15) is 0 Å². The number of esters is 1. The summed E-state index contributed by atoms with van der Waals surface area (Å²) in [5.74, 6) is -1.30. The second-order valence-electron chi connectivity index (χ2n) is 7.25. The zero-order valence-corrected chi connectivity index (χ0v) is 19.1. The molecule has 0 bridgehead atoms. The Morgan fingerprint density at radius 1 is 0.971 bits per heavy atom. The largest absolute Gasteiger partial charge is 0.452 e. The predicted octanol–water partition coefficient (Wildman–Crippen LogP) is 4.00. The lowest BCUT2D eigenvalue weighted by molar-refractivity contribution is -0.119. The highest BCUT2D eigenvalue weighted by Crippen LogP contribution is 2.30. The van der Waals surface area contributed by atoms with Crippen LogP contribution in [0.3, 0.4) is 0 Å². The molecule has 34 heavy (non-hydrogen) atoms. The third kappa shape index (κ3) is 5.23. The predicted molar refractivity (Wildman–Crippen MR) is 129 cm³/mol. The van der Waals surface area contributed by atoms with E-state index in [0.717, 1.165) is 0 Å². The lowest BCUT2D eigenvalue weighted by atomic mass is 10.0. The fourth-order valence-corrected chi connectivity index (χ4v) is 4.03. The minimum Gasteiger partial charge on any atom is -0.452 e. The zero-order chi connectivity index (χ0) is 24.3. The lowest BCUT2D eigenvalue weighted by Gasteiger charge is -2.11. The summed E-state index contributed by atoms with van der Waals surface area (Å²) >= 11 is 6.31. The molecule has 0 saturated carbocycles. The van der Waals surface area contributed by atoms with Gasteiger partial charge in [0.05, 0.1) is 21.7 Å². The van der Waals surface area contributed by atoms with Crippen molar-refractivity contribution in [1.29, 1.82) is 0 Å². The molecule has 4 aromatic rings. The summed E-state index contributed by atoms with van der Waals surface area (Å²) in [6.07, 6.45) is 0. The molecule has 0 unspecified atom stereocenters. The standard InChI is InChI=1S/C24H18ClN3O5S/c25-20-7-3-1-6-18(20)22-13-19(17-5-2-4-8-21(17)28-22)24(30)33-14-23(29)27-15-9-11-16(12-10-15)34(26,31)32/h1-13H,14H2,(H,27,29)(H2,26,31,32). The maximum Gasteiger partial charge on any atom is 0.339 e. The van der Waals surface area contributed by atoms with Gasteiger partial charge in [0.2, 0.25) is 10.0 Å².